The highest BCUT2D eigenvalue weighted by Crippen LogP contribution is 2.47. The molecule has 0 aromatic heterocycles. The summed E-state index contributed by atoms with van der Waals surface area (Å²) in [4.78, 5) is 11.5. The number of aliphatic hydroxyl groups is 1. The van der Waals surface area contributed by atoms with Crippen molar-refractivity contribution in [3.05, 3.63) is 35.9 Å². The molecule has 1 saturated carbocycles. The van der Waals surface area contributed by atoms with E-state index in [2.05, 4.69) is 0 Å². The number of benzene rings is 1. The Hall–Kier alpha value is -1.42. The van der Waals surface area contributed by atoms with Gasteiger partial charge in [0.2, 0.25) is 0 Å². The second-order valence-corrected chi connectivity index (χ2v) is 4.06. The SMILES string of the molecule is O=C(OC[C@]1(F)CC1CO)c1ccccc1. The molecule has 16 heavy (non-hydrogen) atoms. The van der Waals surface area contributed by atoms with Crippen LogP contribution < -0.4 is 0 Å². The van der Waals surface area contributed by atoms with Gasteiger partial charge in [-0.2, -0.15) is 0 Å². The summed E-state index contributed by atoms with van der Waals surface area (Å²) in [7, 11) is 0. The van der Waals surface area contributed by atoms with Crippen molar-refractivity contribution in [2.24, 2.45) is 5.92 Å². The maximum Gasteiger partial charge on any atom is 0.338 e. The molecule has 1 aromatic carbocycles. The van der Waals surface area contributed by atoms with Crippen molar-refractivity contribution in [1.29, 1.82) is 0 Å². The zero-order chi connectivity index (χ0) is 11.6. The Bertz CT molecular complexity index is 379. The lowest BCUT2D eigenvalue weighted by molar-refractivity contribution is 0.0327. The summed E-state index contributed by atoms with van der Waals surface area (Å²) in [5, 5.41) is 8.74. The van der Waals surface area contributed by atoms with Gasteiger partial charge in [-0.3, -0.25) is 0 Å². The van der Waals surface area contributed by atoms with E-state index >= 15 is 0 Å². The van der Waals surface area contributed by atoms with E-state index in [-0.39, 0.29) is 25.6 Å². The highest BCUT2D eigenvalue weighted by molar-refractivity contribution is 5.89. The Morgan fingerprint density at radius 2 is 2.19 bits per heavy atom. The number of aliphatic hydroxyl groups excluding tert-OH is 1. The van der Waals surface area contributed by atoms with E-state index in [1.54, 1.807) is 30.3 Å². The molecule has 0 amide bonds. The number of alkyl halides is 1. The summed E-state index contributed by atoms with van der Waals surface area (Å²) in [6, 6.07) is 8.45. The van der Waals surface area contributed by atoms with Crippen LogP contribution in [0.1, 0.15) is 16.8 Å². The van der Waals surface area contributed by atoms with Gasteiger partial charge in [-0.25, -0.2) is 9.18 Å². The summed E-state index contributed by atoms with van der Waals surface area (Å²) < 4.78 is 18.5. The average molecular weight is 224 g/mol. The van der Waals surface area contributed by atoms with Crippen LogP contribution in [0.25, 0.3) is 0 Å². The molecule has 1 N–H and O–H groups in total. The second kappa shape index (κ2) is 4.22. The number of carbonyl (C=O) groups is 1. The summed E-state index contributed by atoms with van der Waals surface area (Å²) in [6.07, 6.45) is 0.269. The minimum atomic E-state index is -1.51. The largest absolute Gasteiger partial charge is 0.459 e. The predicted molar refractivity (Wildman–Crippen MR) is 55.8 cm³/mol. The van der Waals surface area contributed by atoms with Crippen LogP contribution in [0.4, 0.5) is 4.39 Å². The van der Waals surface area contributed by atoms with Crippen molar-refractivity contribution in [2.75, 3.05) is 13.2 Å². The van der Waals surface area contributed by atoms with Crippen LogP contribution in [0.15, 0.2) is 30.3 Å². The first-order valence-corrected chi connectivity index (χ1v) is 5.18. The smallest absolute Gasteiger partial charge is 0.338 e. The first-order valence-electron chi connectivity index (χ1n) is 5.18. The Labute approximate surface area is 92.9 Å². The zero-order valence-corrected chi connectivity index (χ0v) is 8.73. The minimum Gasteiger partial charge on any atom is -0.459 e. The normalized spacial score (nSPS) is 27.5. The maximum absolute atomic E-state index is 13.6. The number of halogens is 1. The number of carbonyl (C=O) groups excluding carboxylic acids is 1. The highest BCUT2D eigenvalue weighted by Gasteiger charge is 2.56. The molecule has 0 heterocycles. The first kappa shape index (κ1) is 11.1. The Balaban J connectivity index is 1.86. The van der Waals surface area contributed by atoms with Crippen molar-refractivity contribution in [2.45, 2.75) is 12.1 Å². The van der Waals surface area contributed by atoms with E-state index in [9.17, 15) is 9.18 Å². The molecule has 3 nitrogen and oxygen atoms in total. The third-order valence-corrected chi connectivity index (χ3v) is 2.83. The fourth-order valence-electron chi connectivity index (χ4n) is 1.60. The van der Waals surface area contributed by atoms with Crippen molar-refractivity contribution in [1.82, 2.24) is 0 Å². The molecule has 0 radical (unpaired) electrons. The van der Waals surface area contributed by atoms with Gasteiger partial charge in [-0.15, -0.1) is 0 Å². The number of hydrogen-bond acceptors (Lipinski definition) is 3. The highest BCUT2D eigenvalue weighted by atomic mass is 19.1. The standard InChI is InChI=1S/C12H13FO3/c13-12(6-10(12)7-14)8-16-11(15)9-4-2-1-3-5-9/h1-5,10,14H,6-8H2/t10?,12-/m1/s1. The number of hydrogen-bond donors (Lipinski definition) is 1. The monoisotopic (exact) mass is 224 g/mol. The molecule has 0 spiro atoms. The van der Waals surface area contributed by atoms with Crippen molar-refractivity contribution in [3.63, 3.8) is 0 Å². The molecule has 0 aliphatic heterocycles. The molecular formula is C12H13FO3. The quantitative estimate of drug-likeness (QED) is 0.789. The Morgan fingerprint density at radius 1 is 1.50 bits per heavy atom. The van der Waals surface area contributed by atoms with E-state index in [0.717, 1.165) is 0 Å². The number of esters is 1. The number of rotatable bonds is 4. The summed E-state index contributed by atoms with van der Waals surface area (Å²) in [5.41, 5.74) is -1.11. The average Bonchev–Trinajstić information content (AvgIpc) is 2.99. The molecule has 2 rings (SSSR count). The van der Waals surface area contributed by atoms with Crippen LogP contribution >= 0.6 is 0 Å². The summed E-state index contributed by atoms with van der Waals surface area (Å²) in [5.74, 6) is -0.905. The van der Waals surface area contributed by atoms with Gasteiger partial charge in [0.15, 0.2) is 5.67 Å². The third-order valence-electron chi connectivity index (χ3n) is 2.83. The van der Waals surface area contributed by atoms with Gasteiger partial charge in [0.1, 0.15) is 6.61 Å². The second-order valence-electron chi connectivity index (χ2n) is 4.06. The summed E-state index contributed by atoms with van der Waals surface area (Å²) in [6.45, 7) is -0.467. The van der Waals surface area contributed by atoms with Crippen LogP contribution in [-0.2, 0) is 4.74 Å². The molecule has 1 aliphatic rings. The van der Waals surface area contributed by atoms with E-state index in [0.29, 0.717) is 5.56 Å². The molecular weight excluding hydrogens is 211 g/mol. The first-order chi connectivity index (χ1) is 7.65. The molecule has 1 unspecified atom stereocenters. The number of ether oxygens (including phenoxy) is 1. The van der Waals surface area contributed by atoms with Crippen molar-refractivity contribution < 1.29 is 19.0 Å². The van der Waals surface area contributed by atoms with Crippen LogP contribution in [0.3, 0.4) is 0 Å². The molecule has 0 bridgehead atoms. The van der Waals surface area contributed by atoms with Gasteiger partial charge in [-0.1, -0.05) is 18.2 Å². The van der Waals surface area contributed by atoms with Crippen molar-refractivity contribution in [3.8, 4) is 0 Å². The minimum absolute atomic E-state index is 0.195. The predicted octanol–water partition coefficient (Wildman–Crippen LogP) is 1.56. The molecule has 1 aliphatic carbocycles. The molecule has 1 aromatic rings. The topological polar surface area (TPSA) is 46.5 Å². The maximum atomic E-state index is 13.6. The van der Waals surface area contributed by atoms with E-state index < -0.39 is 11.6 Å². The molecule has 0 saturated heterocycles. The zero-order valence-electron chi connectivity index (χ0n) is 8.73. The fraction of sp³-hybridized carbons (Fsp3) is 0.417. The molecule has 1 fully saturated rings. The van der Waals surface area contributed by atoms with Crippen LogP contribution in [0, 0.1) is 5.92 Å². The fourth-order valence-corrected chi connectivity index (χ4v) is 1.60. The van der Waals surface area contributed by atoms with Gasteiger partial charge < -0.3 is 9.84 Å². The lowest BCUT2D eigenvalue weighted by Crippen LogP contribution is -2.19. The molecule has 2 atom stereocenters. The molecule has 86 valence electrons. The van der Waals surface area contributed by atoms with Gasteiger partial charge in [0, 0.05) is 12.5 Å². The summed E-state index contributed by atoms with van der Waals surface area (Å²) >= 11 is 0. The molecule has 4 heteroatoms. The third kappa shape index (κ3) is 2.22. The van der Waals surface area contributed by atoms with E-state index in [1.807, 2.05) is 0 Å². The van der Waals surface area contributed by atoms with Crippen LogP contribution in [-0.4, -0.2) is 30.0 Å². The van der Waals surface area contributed by atoms with E-state index in [1.165, 1.54) is 0 Å². The van der Waals surface area contributed by atoms with Gasteiger partial charge in [0.05, 0.1) is 5.56 Å². The van der Waals surface area contributed by atoms with Crippen molar-refractivity contribution >= 4 is 5.97 Å². The van der Waals surface area contributed by atoms with Crippen LogP contribution in [0.2, 0.25) is 0 Å². The van der Waals surface area contributed by atoms with Gasteiger partial charge in [-0.05, 0) is 18.6 Å². The van der Waals surface area contributed by atoms with Gasteiger partial charge >= 0.3 is 5.97 Å². The Kier molecular flexibility index (Phi) is 2.92. The van der Waals surface area contributed by atoms with Crippen LogP contribution in [0.5, 0.6) is 0 Å². The lowest BCUT2D eigenvalue weighted by atomic mass is 10.2. The lowest BCUT2D eigenvalue weighted by Gasteiger charge is -2.08. The van der Waals surface area contributed by atoms with Gasteiger partial charge in [0.25, 0.3) is 0 Å². The van der Waals surface area contributed by atoms with E-state index in [4.69, 9.17) is 9.84 Å². The Morgan fingerprint density at radius 3 is 2.75 bits per heavy atom.